The molecule has 4 saturated carbocycles. The van der Waals surface area contributed by atoms with E-state index < -0.39 is 5.60 Å². The van der Waals surface area contributed by atoms with Crippen molar-refractivity contribution in [3.8, 4) is 0 Å². The SMILES string of the molecule is Cl.OCCNCC1(O)C2CC3CC(C2)CC1C3. The first kappa shape index (κ1) is 13.6. The monoisotopic (exact) mass is 261 g/mol. The summed E-state index contributed by atoms with van der Waals surface area (Å²) >= 11 is 0. The van der Waals surface area contributed by atoms with Crippen molar-refractivity contribution in [3.63, 3.8) is 0 Å². The summed E-state index contributed by atoms with van der Waals surface area (Å²) in [5, 5.41) is 22.9. The Morgan fingerprint density at radius 2 is 1.53 bits per heavy atom. The van der Waals surface area contributed by atoms with Crippen molar-refractivity contribution in [3.05, 3.63) is 0 Å². The van der Waals surface area contributed by atoms with Gasteiger partial charge in [0.05, 0.1) is 12.2 Å². The molecule has 0 amide bonds. The van der Waals surface area contributed by atoms with Gasteiger partial charge in [-0.1, -0.05) is 0 Å². The predicted octanol–water partition coefficient (Wildman–Crippen LogP) is 1.18. The average Bonchev–Trinajstić information content (AvgIpc) is 2.25. The van der Waals surface area contributed by atoms with E-state index in [9.17, 15) is 5.11 Å². The molecule has 3 nitrogen and oxygen atoms in total. The zero-order valence-electron chi connectivity index (χ0n) is 10.3. The van der Waals surface area contributed by atoms with E-state index in [4.69, 9.17) is 5.11 Å². The molecule has 4 bridgehead atoms. The summed E-state index contributed by atoms with van der Waals surface area (Å²) in [5.74, 6) is 2.85. The number of rotatable bonds is 4. The lowest BCUT2D eigenvalue weighted by molar-refractivity contribution is -0.169. The van der Waals surface area contributed by atoms with Gasteiger partial charge in [-0.05, 0) is 55.8 Å². The summed E-state index contributed by atoms with van der Waals surface area (Å²) in [4.78, 5) is 0. The summed E-state index contributed by atoms with van der Waals surface area (Å²) in [6.45, 7) is 1.45. The van der Waals surface area contributed by atoms with Gasteiger partial charge in [-0.25, -0.2) is 0 Å². The van der Waals surface area contributed by atoms with E-state index in [1.54, 1.807) is 0 Å². The molecule has 0 atom stereocenters. The molecular formula is C13H24ClNO2. The zero-order chi connectivity index (χ0) is 11.2. The van der Waals surface area contributed by atoms with Gasteiger partial charge in [0.25, 0.3) is 0 Å². The van der Waals surface area contributed by atoms with Crippen LogP contribution in [-0.2, 0) is 0 Å². The van der Waals surface area contributed by atoms with Gasteiger partial charge in [-0.15, -0.1) is 12.4 Å². The molecule has 0 saturated heterocycles. The maximum absolute atomic E-state index is 10.9. The number of aliphatic hydroxyl groups is 2. The zero-order valence-corrected chi connectivity index (χ0v) is 11.1. The van der Waals surface area contributed by atoms with Crippen molar-refractivity contribution in [2.24, 2.45) is 23.7 Å². The second-order valence-corrected chi connectivity index (χ2v) is 6.20. The molecule has 3 N–H and O–H groups in total. The van der Waals surface area contributed by atoms with Crippen molar-refractivity contribution in [1.82, 2.24) is 5.32 Å². The molecule has 0 aromatic rings. The van der Waals surface area contributed by atoms with Crippen molar-refractivity contribution in [1.29, 1.82) is 0 Å². The quantitative estimate of drug-likeness (QED) is 0.666. The van der Waals surface area contributed by atoms with Gasteiger partial charge in [0.1, 0.15) is 0 Å². The van der Waals surface area contributed by atoms with Crippen molar-refractivity contribution < 1.29 is 10.2 Å². The summed E-state index contributed by atoms with van der Waals surface area (Å²) in [6, 6.07) is 0. The molecule has 0 aromatic heterocycles. The minimum atomic E-state index is -0.470. The minimum Gasteiger partial charge on any atom is -0.395 e. The standard InChI is InChI=1S/C13H23NO2.ClH/c15-2-1-14-8-13(16)11-4-9-3-10(6-11)7-12(13)5-9;/h9-12,14-16H,1-8H2;1H. The molecule has 4 aliphatic carbocycles. The predicted molar refractivity (Wildman–Crippen MR) is 69.2 cm³/mol. The van der Waals surface area contributed by atoms with Gasteiger partial charge in [0.15, 0.2) is 0 Å². The lowest BCUT2D eigenvalue weighted by atomic mass is 9.50. The van der Waals surface area contributed by atoms with Crippen LogP contribution in [0.2, 0.25) is 0 Å². The van der Waals surface area contributed by atoms with Crippen LogP contribution < -0.4 is 5.32 Å². The summed E-state index contributed by atoms with van der Waals surface area (Å²) in [6.07, 6.45) is 6.39. The molecule has 0 aliphatic heterocycles. The smallest absolute Gasteiger partial charge is 0.0827 e. The van der Waals surface area contributed by atoms with Gasteiger partial charge < -0.3 is 15.5 Å². The molecule has 100 valence electrons. The first-order valence-corrected chi connectivity index (χ1v) is 6.76. The van der Waals surface area contributed by atoms with Crippen LogP contribution in [0.4, 0.5) is 0 Å². The van der Waals surface area contributed by atoms with Crippen LogP contribution in [0.15, 0.2) is 0 Å². The minimum absolute atomic E-state index is 0. The molecule has 4 fully saturated rings. The highest BCUT2D eigenvalue weighted by atomic mass is 35.5. The largest absolute Gasteiger partial charge is 0.395 e. The van der Waals surface area contributed by atoms with Gasteiger partial charge in [0, 0.05) is 13.1 Å². The van der Waals surface area contributed by atoms with E-state index in [-0.39, 0.29) is 19.0 Å². The topological polar surface area (TPSA) is 52.5 Å². The van der Waals surface area contributed by atoms with Crippen LogP contribution in [-0.4, -0.2) is 35.5 Å². The third-order valence-electron chi connectivity index (χ3n) is 5.25. The highest BCUT2D eigenvalue weighted by Crippen LogP contribution is 2.57. The Kier molecular flexibility index (Phi) is 4.03. The summed E-state index contributed by atoms with van der Waals surface area (Å²) in [5.41, 5.74) is -0.470. The summed E-state index contributed by atoms with van der Waals surface area (Å²) < 4.78 is 0. The van der Waals surface area contributed by atoms with Gasteiger partial charge in [0.2, 0.25) is 0 Å². The fourth-order valence-corrected chi connectivity index (χ4v) is 4.66. The molecule has 0 heterocycles. The maximum atomic E-state index is 10.9. The maximum Gasteiger partial charge on any atom is 0.0827 e. The molecule has 0 radical (unpaired) electrons. The van der Waals surface area contributed by atoms with E-state index in [1.165, 1.54) is 32.1 Å². The highest BCUT2D eigenvalue weighted by molar-refractivity contribution is 5.85. The highest BCUT2D eigenvalue weighted by Gasteiger charge is 2.56. The Bertz CT molecular complexity index is 244. The normalized spacial score (nSPS) is 46.9. The van der Waals surface area contributed by atoms with Gasteiger partial charge in [-0.3, -0.25) is 0 Å². The number of nitrogens with one attached hydrogen (secondary N) is 1. The number of aliphatic hydroxyl groups excluding tert-OH is 1. The Hall–Kier alpha value is 0.170. The van der Waals surface area contributed by atoms with Gasteiger partial charge >= 0.3 is 0 Å². The van der Waals surface area contributed by atoms with E-state index in [2.05, 4.69) is 5.32 Å². The van der Waals surface area contributed by atoms with E-state index in [1.807, 2.05) is 0 Å². The lowest BCUT2D eigenvalue weighted by Crippen LogP contribution is -2.61. The molecule has 4 heteroatoms. The van der Waals surface area contributed by atoms with Crippen molar-refractivity contribution in [2.75, 3.05) is 19.7 Å². The molecule has 4 aliphatic rings. The Labute approximate surface area is 109 Å². The second-order valence-electron chi connectivity index (χ2n) is 6.20. The Morgan fingerprint density at radius 1 is 1.00 bits per heavy atom. The number of halogens is 1. The fraction of sp³-hybridized carbons (Fsp3) is 1.00. The van der Waals surface area contributed by atoms with Crippen LogP contribution in [0.1, 0.15) is 32.1 Å². The third-order valence-corrected chi connectivity index (χ3v) is 5.25. The van der Waals surface area contributed by atoms with Crippen molar-refractivity contribution >= 4 is 12.4 Å². The third kappa shape index (κ3) is 2.23. The first-order chi connectivity index (χ1) is 7.72. The molecule has 17 heavy (non-hydrogen) atoms. The van der Waals surface area contributed by atoms with Crippen LogP contribution in [0.5, 0.6) is 0 Å². The Morgan fingerprint density at radius 3 is 2.00 bits per heavy atom. The number of hydrogen-bond donors (Lipinski definition) is 3. The van der Waals surface area contributed by atoms with Crippen LogP contribution in [0, 0.1) is 23.7 Å². The lowest BCUT2D eigenvalue weighted by Gasteiger charge is -2.59. The fourth-order valence-electron chi connectivity index (χ4n) is 4.66. The molecule has 0 aromatic carbocycles. The molecule has 0 unspecified atom stereocenters. The second kappa shape index (κ2) is 5.04. The van der Waals surface area contributed by atoms with Crippen LogP contribution in [0.25, 0.3) is 0 Å². The van der Waals surface area contributed by atoms with E-state index >= 15 is 0 Å². The van der Waals surface area contributed by atoms with Crippen molar-refractivity contribution in [2.45, 2.75) is 37.7 Å². The molecule has 0 spiro atoms. The van der Waals surface area contributed by atoms with Crippen LogP contribution in [0.3, 0.4) is 0 Å². The average molecular weight is 262 g/mol. The van der Waals surface area contributed by atoms with Gasteiger partial charge in [-0.2, -0.15) is 0 Å². The first-order valence-electron chi connectivity index (χ1n) is 6.76. The molecule has 4 rings (SSSR count). The van der Waals surface area contributed by atoms with E-state index in [0.29, 0.717) is 24.9 Å². The number of hydrogen-bond acceptors (Lipinski definition) is 3. The Balaban J connectivity index is 0.00000108. The molecular weight excluding hydrogens is 238 g/mol. The van der Waals surface area contributed by atoms with E-state index in [0.717, 1.165) is 11.8 Å². The van der Waals surface area contributed by atoms with Crippen LogP contribution >= 0.6 is 12.4 Å². The summed E-state index contributed by atoms with van der Waals surface area (Å²) in [7, 11) is 0.